The molecule has 2 amide bonds. The Bertz CT molecular complexity index is 344. The van der Waals surface area contributed by atoms with Crippen molar-refractivity contribution in [1.29, 1.82) is 0 Å². The van der Waals surface area contributed by atoms with E-state index in [1.165, 1.54) is 10.4 Å². The van der Waals surface area contributed by atoms with Crippen LogP contribution in [0.3, 0.4) is 0 Å². The largest absolute Gasteiger partial charge is 0.341 e. The Morgan fingerprint density at radius 2 is 2.20 bits per heavy atom. The molecule has 4 heteroatoms. The molecule has 84 valence electrons. The number of aryl methyl sites for hydroxylation is 1. The fourth-order valence-electron chi connectivity index (χ4n) is 1.54. The summed E-state index contributed by atoms with van der Waals surface area (Å²) >= 11 is 1.74. The maximum atomic E-state index is 11.1. The van der Waals surface area contributed by atoms with Gasteiger partial charge in [-0.3, -0.25) is 0 Å². The zero-order chi connectivity index (χ0) is 11.5. The third-order valence-corrected chi connectivity index (χ3v) is 3.78. The van der Waals surface area contributed by atoms with Gasteiger partial charge in [-0.05, 0) is 23.9 Å². The Morgan fingerprint density at radius 3 is 2.67 bits per heavy atom. The molecule has 1 heterocycles. The van der Waals surface area contributed by atoms with Crippen LogP contribution < -0.4 is 10.6 Å². The van der Waals surface area contributed by atoms with Gasteiger partial charge in [0.25, 0.3) is 0 Å². The van der Waals surface area contributed by atoms with Crippen molar-refractivity contribution in [3.8, 4) is 0 Å². The van der Waals surface area contributed by atoms with E-state index in [1.54, 1.807) is 18.4 Å². The van der Waals surface area contributed by atoms with Gasteiger partial charge in [-0.25, -0.2) is 4.79 Å². The van der Waals surface area contributed by atoms with Crippen molar-refractivity contribution in [2.45, 2.75) is 26.2 Å². The lowest BCUT2D eigenvalue weighted by molar-refractivity contribution is 0.240. The number of carbonyl (C=O) groups is 1. The summed E-state index contributed by atoms with van der Waals surface area (Å²) in [6.45, 7) is 7.03. The van der Waals surface area contributed by atoms with E-state index < -0.39 is 0 Å². The number of amides is 2. The molecule has 15 heavy (non-hydrogen) atoms. The van der Waals surface area contributed by atoms with Crippen molar-refractivity contribution in [2.24, 2.45) is 0 Å². The van der Waals surface area contributed by atoms with Crippen LogP contribution in [0.4, 0.5) is 4.79 Å². The molecule has 0 unspecified atom stereocenters. The molecule has 0 aliphatic rings. The van der Waals surface area contributed by atoms with Crippen LogP contribution in [0, 0.1) is 6.92 Å². The van der Waals surface area contributed by atoms with Crippen molar-refractivity contribution in [1.82, 2.24) is 10.6 Å². The molecule has 0 radical (unpaired) electrons. The van der Waals surface area contributed by atoms with Crippen LogP contribution in [-0.2, 0) is 5.41 Å². The maximum Gasteiger partial charge on any atom is 0.314 e. The highest BCUT2D eigenvalue weighted by Crippen LogP contribution is 2.30. The molecule has 3 nitrogen and oxygen atoms in total. The van der Waals surface area contributed by atoms with Gasteiger partial charge >= 0.3 is 6.03 Å². The molecule has 0 aliphatic heterocycles. The molecule has 0 aliphatic carbocycles. The lowest BCUT2D eigenvalue weighted by atomic mass is 9.89. The van der Waals surface area contributed by atoms with E-state index in [4.69, 9.17) is 0 Å². The quantitative estimate of drug-likeness (QED) is 0.815. The van der Waals surface area contributed by atoms with E-state index in [-0.39, 0.29) is 11.4 Å². The maximum absolute atomic E-state index is 11.1. The molecule has 1 aromatic heterocycles. The molecular formula is C11H18N2OS. The summed E-state index contributed by atoms with van der Waals surface area (Å²) in [5, 5.41) is 7.49. The van der Waals surface area contributed by atoms with Gasteiger partial charge in [0.1, 0.15) is 0 Å². The van der Waals surface area contributed by atoms with Crippen molar-refractivity contribution in [3.63, 3.8) is 0 Å². The highest BCUT2D eigenvalue weighted by Gasteiger charge is 2.24. The molecule has 0 saturated heterocycles. The summed E-state index contributed by atoms with van der Waals surface area (Å²) in [4.78, 5) is 12.4. The van der Waals surface area contributed by atoms with Crippen molar-refractivity contribution >= 4 is 17.4 Å². The summed E-state index contributed by atoms with van der Waals surface area (Å²) in [5.74, 6) is 0. The number of urea groups is 1. The molecule has 1 aromatic rings. The van der Waals surface area contributed by atoms with Crippen molar-refractivity contribution in [2.75, 3.05) is 13.6 Å². The molecule has 2 N–H and O–H groups in total. The first-order valence-corrected chi connectivity index (χ1v) is 5.85. The first kappa shape index (κ1) is 12.0. The number of carbonyl (C=O) groups excluding carboxylic acids is 1. The standard InChI is InChI=1S/C11H18N2OS/c1-8-5-6-15-9(8)11(2,3)7-13-10(14)12-4/h5-6H,7H2,1-4H3,(H2,12,13,14). The van der Waals surface area contributed by atoms with Gasteiger partial charge in [0.15, 0.2) is 0 Å². The van der Waals surface area contributed by atoms with E-state index in [9.17, 15) is 4.79 Å². The van der Waals surface area contributed by atoms with E-state index in [2.05, 4.69) is 42.9 Å². The highest BCUT2D eigenvalue weighted by molar-refractivity contribution is 7.10. The first-order chi connectivity index (χ1) is 6.97. The fraction of sp³-hybridized carbons (Fsp3) is 0.545. The zero-order valence-corrected chi connectivity index (χ0v) is 10.5. The molecule has 0 atom stereocenters. The van der Waals surface area contributed by atoms with Crippen molar-refractivity contribution < 1.29 is 4.79 Å². The third-order valence-electron chi connectivity index (χ3n) is 2.39. The van der Waals surface area contributed by atoms with Gasteiger partial charge in [-0.1, -0.05) is 13.8 Å². The zero-order valence-electron chi connectivity index (χ0n) is 9.68. The van der Waals surface area contributed by atoms with Crippen LogP contribution in [0.5, 0.6) is 0 Å². The van der Waals surface area contributed by atoms with Crippen LogP contribution in [0.25, 0.3) is 0 Å². The second kappa shape index (κ2) is 4.66. The summed E-state index contributed by atoms with van der Waals surface area (Å²) < 4.78 is 0. The molecule has 0 aromatic carbocycles. The SMILES string of the molecule is CNC(=O)NCC(C)(C)c1sccc1C. The van der Waals surface area contributed by atoms with E-state index in [0.29, 0.717) is 6.54 Å². The van der Waals surface area contributed by atoms with E-state index in [0.717, 1.165) is 0 Å². The second-order valence-electron chi connectivity index (χ2n) is 4.25. The minimum atomic E-state index is -0.128. The molecule has 0 fully saturated rings. The lowest BCUT2D eigenvalue weighted by Crippen LogP contribution is -2.40. The van der Waals surface area contributed by atoms with E-state index in [1.807, 2.05) is 0 Å². The Labute approximate surface area is 94.9 Å². The lowest BCUT2D eigenvalue weighted by Gasteiger charge is -2.24. The summed E-state index contributed by atoms with van der Waals surface area (Å²) in [6, 6.07) is 1.99. The van der Waals surface area contributed by atoms with E-state index >= 15 is 0 Å². The number of thiophene rings is 1. The molecule has 0 spiro atoms. The van der Waals surface area contributed by atoms with Gasteiger partial charge < -0.3 is 10.6 Å². The minimum absolute atomic E-state index is 0.00917. The molecular weight excluding hydrogens is 208 g/mol. The van der Waals surface area contributed by atoms with Gasteiger partial charge in [0.05, 0.1) is 0 Å². The topological polar surface area (TPSA) is 41.1 Å². The van der Waals surface area contributed by atoms with Gasteiger partial charge in [-0.15, -0.1) is 11.3 Å². The number of nitrogens with one attached hydrogen (secondary N) is 2. The van der Waals surface area contributed by atoms with Crippen LogP contribution in [0.2, 0.25) is 0 Å². The van der Waals surface area contributed by atoms with Crippen LogP contribution >= 0.6 is 11.3 Å². The molecule has 1 rings (SSSR count). The van der Waals surface area contributed by atoms with Gasteiger partial charge in [0, 0.05) is 23.9 Å². The third kappa shape index (κ3) is 2.96. The van der Waals surface area contributed by atoms with Crippen molar-refractivity contribution in [3.05, 3.63) is 21.9 Å². The second-order valence-corrected chi connectivity index (χ2v) is 5.17. The summed E-state index contributed by atoms with van der Waals surface area (Å²) in [5.41, 5.74) is 1.29. The minimum Gasteiger partial charge on any atom is -0.341 e. The monoisotopic (exact) mass is 226 g/mol. The molecule has 0 bridgehead atoms. The van der Waals surface area contributed by atoms with Gasteiger partial charge in [0.2, 0.25) is 0 Å². The van der Waals surface area contributed by atoms with Crippen LogP contribution in [-0.4, -0.2) is 19.6 Å². The highest BCUT2D eigenvalue weighted by atomic mass is 32.1. The Kier molecular flexibility index (Phi) is 3.74. The number of hydrogen-bond acceptors (Lipinski definition) is 2. The molecule has 0 saturated carbocycles. The predicted octanol–water partition coefficient (Wildman–Crippen LogP) is 2.26. The first-order valence-electron chi connectivity index (χ1n) is 4.97. The normalized spacial score (nSPS) is 11.2. The average molecular weight is 226 g/mol. The number of hydrogen-bond donors (Lipinski definition) is 2. The smallest absolute Gasteiger partial charge is 0.314 e. The Morgan fingerprint density at radius 1 is 1.53 bits per heavy atom. The predicted molar refractivity (Wildman–Crippen MR) is 64.5 cm³/mol. The van der Waals surface area contributed by atoms with Gasteiger partial charge in [-0.2, -0.15) is 0 Å². The average Bonchev–Trinajstić information content (AvgIpc) is 2.61. The Hall–Kier alpha value is -1.03. The Balaban J connectivity index is 2.67. The summed E-state index contributed by atoms with van der Waals surface area (Å²) in [6.07, 6.45) is 0. The number of rotatable bonds is 3. The summed E-state index contributed by atoms with van der Waals surface area (Å²) in [7, 11) is 1.62. The van der Waals surface area contributed by atoms with Crippen LogP contribution in [0.15, 0.2) is 11.4 Å². The fourth-order valence-corrected chi connectivity index (χ4v) is 2.59. The van der Waals surface area contributed by atoms with Crippen LogP contribution in [0.1, 0.15) is 24.3 Å².